The second-order valence-electron chi connectivity index (χ2n) is 31.4. The first kappa shape index (κ1) is 53.5. The molecule has 0 N–H and O–H groups in total. The van der Waals surface area contributed by atoms with E-state index in [1.54, 1.807) is 0 Å². The number of rotatable bonds is 4. The third kappa shape index (κ3) is 8.20. The van der Waals surface area contributed by atoms with E-state index in [9.17, 15) is 0 Å². The lowest BCUT2D eigenvalue weighted by atomic mass is 9.33. The van der Waals surface area contributed by atoms with Gasteiger partial charge in [-0.15, -0.1) is 11.3 Å². The fourth-order valence-electron chi connectivity index (χ4n) is 15.2. The molecule has 3 aliphatic carbocycles. The standard InChI is InChI=1S/C76H87BN2S/c1-69(2,3)49-26-24-46(25-27-49)48-38-63-67-64(39-48)79(62-44-58-56(73(11,12)34-36-75(58,15)16)42-52(62)47-22-20-19-21-23-47)61-31-28-50(70(4,5)6)40-60(61)77(67)66-53-43-57-59(76(17,18)37-35-74(57,13)14)45-65(53)80-68(66)78(63)51-29-30-54-55(41-51)72(9,10)33-32-71(54,7)8/h19-31,38-45H,32-37H2,1-18H3. The average Bonchev–Trinajstić information content (AvgIpc) is 1.64. The Labute approximate surface area is 485 Å². The summed E-state index contributed by atoms with van der Waals surface area (Å²) in [4.78, 5) is 5.52. The number of nitrogens with zero attached hydrogens (tertiary/aromatic N) is 2. The Bertz CT molecular complexity index is 3860. The predicted molar refractivity (Wildman–Crippen MR) is 350 cm³/mol. The van der Waals surface area contributed by atoms with Gasteiger partial charge in [-0.05, 0) is 219 Å². The van der Waals surface area contributed by atoms with Gasteiger partial charge in [-0.2, -0.15) is 0 Å². The van der Waals surface area contributed by atoms with Crippen LogP contribution in [0.25, 0.3) is 32.3 Å². The highest BCUT2D eigenvalue weighted by Gasteiger charge is 2.49. The summed E-state index contributed by atoms with van der Waals surface area (Å²) in [5.74, 6) is 0. The van der Waals surface area contributed by atoms with Gasteiger partial charge in [0.2, 0.25) is 0 Å². The van der Waals surface area contributed by atoms with E-state index >= 15 is 0 Å². The van der Waals surface area contributed by atoms with Crippen molar-refractivity contribution in [2.75, 3.05) is 9.80 Å². The maximum Gasteiger partial charge on any atom is 0.254 e. The van der Waals surface area contributed by atoms with Gasteiger partial charge in [0, 0.05) is 33.0 Å². The van der Waals surface area contributed by atoms with Gasteiger partial charge in [-0.1, -0.05) is 197 Å². The summed E-state index contributed by atoms with van der Waals surface area (Å²) >= 11 is 2.04. The highest BCUT2D eigenvalue weighted by Crippen LogP contribution is 2.57. The first-order chi connectivity index (χ1) is 37.4. The van der Waals surface area contributed by atoms with Crippen LogP contribution in [-0.2, 0) is 43.3 Å². The van der Waals surface area contributed by atoms with Crippen LogP contribution < -0.4 is 26.2 Å². The molecule has 0 saturated heterocycles. The minimum absolute atomic E-state index is 0.000290. The molecule has 2 nitrogen and oxygen atoms in total. The molecule has 8 aromatic rings. The average molecular weight is 1070 g/mol. The van der Waals surface area contributed by atoms with Gasteiger partial charge < -0.3 is 9.80 Å². The maximum absolute atomic E-state index is 2.77. The Kier molecular flexibility index (Phi) is 11.6. The van der Waals surface area contributed by atoms with E-state index in [0.717, 1.165) is 12.8 Å². The van der Waals surface area contributed by atoms with E-state index in [0.29, 0.717) is 0 Å². The summed E-state index contributed by atoms with van der Waals surface area (Å²) in [7, 11) is 0. The van der Waals surface area contributed by atoms with Crippen LogP contribution >= 0.6 is 11.3 Å². The monoisotopic (exact) mass is 1070 g/mol. The second kappa shape index (κ2) is 17.4. The molecule has 13 rings (SSSR count). The van der Waals surface area contributed by atoms with Crippen LogP contribution in [0.4, 0.5) is 33.4 Å². The zero-order valence-corrected chi connectivity index (χ0v) is 52.6. The summed E-state index contributed by atoms with van der Waals surface area (Å²) in [6.45, 7) is 44.0. The van der Waals surface area contributed by atoms with Gasteiger partial charge in [0.25, 0.3) is 6.71 Å². The molecule has 0 spiro atoms. The Morgan fingerprint density at radius 3 is 1.46 bits per heavy atom. The van der Waals surface area contributed by atoms with Crippen molar-refractivity contribution in [3.8, 4) is 22.3 Å². The van der Waals surface area contributed by atoms with Crippen LogP contribution in [0, 0.1) is 0 Å². The molecular formula is C76H87BN2S. The number of thiophene rings is 1. The van der Waals surface area contributed by atoms with Crippen LogP contribution in [0.15, 0.2) is 127 Å². The van der Waals surface area contributed by atoms with Gasteiger partial charge in [-0.25, -0.2) is 0 Å². The molecule has 0 amide bonds. The number of anilines is 6. The summed E-state index contributed by atoms with van der Waals surface area (Å²) < 4.78 is 1.40. The summed E-state index contributed by atoms with van der Waals surface area (Å²) in [5.41, 5.74) is 27.7. The summed E-state index contributed by atoms with van der Waals surface area (Å²) in [6, 6.07) is 52.0. The SMILES string of the molecule is CC(C)(C)c1ccc(-c2cc3c4c(c2)N(c2ccc5c(c2)C(C)(C)CCC5(C)C)c2sc5cc6c(cc5c2B4c2cc(C(C)(C)C)ccc2N3c2cc3c(cc2-c2ccccc2)C(C)(C)CCC3(C)C)C(C)(C)CCC6(C)C)cc1. The van der Waals surface area contributed by atoms with E-state index in [4.69, 9.17) is 0 Å². The molecule has 0 fully saturated rings. The Hall–Kier alpha value is -5.84. The lowest BCUT2D eigenvalue weighted by Gasteiger charge is -2.46. The highest BCUT2D eigenvalue weighted by molar-refractivity contribution is 7.26. The van der Waals surface area contributed by atoms with Crippen LogP contribution in [0.3, 0.4) is 0 Å². The van der Waals surface area contributed by atoms with Crippen molar-refractivity contribution in [3.05, 3.63) is 172 Å². The van der Waals surface area contributed by atoms with Crippen molar-refractivity contribution in [3.63, 3.8) is 0 Å². The van der Waals surface area contributed by atoms with Crippen molar-refractivity contribution in [2.24, 2.45) is 0 Å². The third-order valence-electron chi connectivity index (χ3n) is 21.0. The van der Waals surface area contributed by atoms with Gasteiger partial charge in [0.1, 0.15) is 0 Å². The molecule has 0 atom stereocenters. The molecule has 410 valence electrons. The van der Waals surface area contributed by atoms with Gasteiger partial charge >= 0.3 is 0 Å². The lowest BCUT2D eigenvalue weighted by Crippen LogP contribution is -2.61. The number of hydrogen-bond donors (Lipinski definition) is 0. The molecule has 0 unspecified atom stereocenters. The molecular weight excluding hydrogens is 984 g/mol. The molecule has 2 aliphatic heterocycles. The zero-order valence-electron chi connectivity index (χ0n) is 51.7. The van der Waals surface area contributed by atoms with Gasteiger partial charge in [0.15, 0.2) is 0 Å². The number of fused-ring (bicyclic) bond motifs is 9. The molecule has 80 heavy (non-hydrogen) atoms. The van der Waals surface area contributed by atoms with E-state index in [1.807, 2.05) is 11.3 Å². The first-order valence-corrected chi connectivity index (χ1v) is 31.2. The molecule has 3 heterocycles. The maximum atomic E-state index is 2.77. The van der Waals surface area contributed by atoms with Crippen molar-refractivity contribution in [1.29, 1.82) is 0 Å². The normalized spacial score (nSPS) is 19.6. The predicted octanol–water partition coefficient (Wildman–Crippen LogP) is 20.0. The van der Waals surface area contributed by atoms with Gasteiger partial charge in [-0.3, -0.25) is 0 Å². The highest BCUT2D eigenvalue weighted by atomic mass is 32.1. The Balaban J connectivity index is 1.21. The van der Waals surface area contributed by atoms with E-state index in [-0.39, 0.29) is 50.0 Å². The summed E-state index contributed by atoms with van der Waals surface area (Å²) in [6.07, 6.45) is 7.03. The number of benzene rings is 7. The molecule has 0 saturated carbocycles. The largest absolute Gasteiger partial charge is 0.311 e. The van der Waals surface area contributed by atoms with E-state index in [1.165, 1.54) is 152 Å². The minimum atomic E-state index is -0.0682. The Morgan fingerprint density at radius 2 is 0.887 bits per heavy atom. The van der Waals surface area contributed by atoms with E-state index < -0.39 is 0 Å². The quantitative estimate of drug-likeness (QED) is 0.162. The molecule has 0 radical (unpaired) electrons. The second-order valence-corrected chi connectivity index (χ2v) is 32.4. The zero-order chi connectivity index (χ0) is 56.8. The van der Waals surface area contributed by atoms with Crippen molar-refractivity contribution in [2.45, 2.75) is 206 Å². The van der Waals surface area contributed by atoms with Crippen molar-refractivity contribution < 1.29 is 0 Å². The van der Waals surface area contributed by atoms with Crippen LogP contribution in [0.5, 0.6) is 0 Å². The third-order valence-corrected chi connectivity index (χ3v) is 22.2. The van der Waals surface area contributed by atoms with Crippen LogP contribution in [-0.4, -0.2) is 6.71 Å². The van der Waals surface area contributed by atoms with Crippen LogP contribution in [0.2, 0.25) is 0 Å². The fraction of sp³-hybridized carbons (Fsp3) is 0.421. The first-order valence-electron chi connectivity index (χ1n) is 30.4. The number of hydrogen-bond acceptors (Lipinski definition) is 3. The smallest absolute Gasteiger partial charge is 0.254 e. The van der Waals surface area contributed by atoms with Gasteiger partial charge in [0.05, 0.1) is 10.7 Å². The van der Waals surface area contributed by atoms with E-state index in [2.05, 4.69) is 262 Å². The van der Waals surface area contributed by atoms with Crippen LogP contribution in [0.1, 0.15) is 208 Å². The fourth-order valence-corrected chi connectivity index (χ4v) is 16.5. The minimum Gasteiger partial charge on any atom is -0.311 e. The summed E-state index contributed by atoms with van der Waals surface area (Å²) in [5, 5.41) is 2.78. The topological polar surface area (TPSA) is 6.48 Å². The lowest BCUT2D eigenvalue weighted by molar-refractivity contribution is 0.332. The molecule has 7 aromatic carbocycles. The Morgan fingerprint density at radius 1 is 0.388 bits per heavy atom. The molecule has 5 aliphatic rings. The molecule has 4 heteroatoms. The molecule has 0 bridgehead atoms. The molecule has 1 aromatic heterocycles. The van der Waals surface area contributed by atoms with Crippen molar-refractivity contribution in [1.82, 2.24) is 0 Å². The van der Waals surface area contributed by atoms with Crippen molar-refractivity contribution >= 4 is 78.0 Å².